The van der Waals surface area contributed by atoms with Crippen LogP contribution in [0.25, 0.3) is 11.3 Å². The number of fused-ring (bicyclic) bond motifs is 1. The van der Waals surface area contributed by atoms with Gasteiger partial charge >= 0.3 is 0 Å². The summed E-state index contributed by atoms with van der Waals surface area (Å²) in [7, 11) is 4.69. The maximum Gasteiger partial charge on any atom is 0.203 e. The summed E-state index contributed by atoms with van der Waals surface area (Å²) in [5.41, 5.74) is 1.61. The number of methoxy groups -OCH3 is 3. The molecule has 1 fully saturated rings. The Kier molecular flexibility index (Phi) is 5.75. The molecule has 1 aliphatic carbocycles. The molecule has 8 heteroatoms. The Hall–Kier alpha value is -2.87. The Morgan fingerprint density at radius 1 is 1.13 bits per heavy atom. The minimum Gasteiger partial charge on any atom is -0.493 e. The average Bonchev–Trinajstić information content (AvgIpc) is 3.22. The van der Waals surface area contributed by atoms with Crippen molar-refractivity contribution in [3.8, 4) is 28.5 Å². The summed E-state index contributed by atoms with van der Waals surface area (Å²) in [5, 5.41) is 13.1. The summed E-state index contributed by atoms with van der Waals surface area (Å²) in [5.74, 6) is 2.02. The number of hydrogen-bond acceptors (Lipinski definition) is 8. The predicted molar refractivity (Wildman–Crippen MR) is 116 cm³/mol. The normalized spacial score (nSPS) is 24.8. The first-order chi connectivity index (χ1) is 14.9. The smallest absolute Gasteiger partial charge is 0.203 e. The van der Waals surface area contributed by atoms with Crippen molar-refractivity contribution >= 4 is 11.6 Å². The summed E-state index contributed by atoms with van der Waals surface area (Å²) in [6.07, 6.45) is 4.08. The summed E-state index contributed by atoms with van der Waals surface area (Å²) in [6.45, 7) is 2.50. The molecule has 2 aromatic rings. The molecule has 2 aliphatic rings. The molecular formula is C23H29N3O5. The number of benzene rings is 1. The lowest BCUT2D eigenvalue weighted by molar-refractivity contribution is -0.132. The first-order valence-corrected chi connectivity index (χ1v) is 10.5. The molecule has 8 nitrogen and oxygen atoms in total. The fraction of sp³-hybridized carbons (Fsp3) is 0.522. The molecule has 0 spiro atoms. The Morgan fingerprint density at radius 2 is 1.77 bits per heavy atom. The molecule has 1 aliphatic heterocycles. The molecular weight excluding hydrogens is 398 g/mol. The van der Waals surface area contributed by atoms with Gasteiger partial charge in [-0.05, 0) is 37.8 Å². The SMILES string of the molecule is COc1cc(-c2cnc3c(n2)C(C(=O)C2(C)CCC(O)CC2)CN3)cc(OC)c1OC. The maximum atomic E-state index is 13.5. The third kappa shape index (κ3) is 3.80. The molecule has 4 rings (SSSR count). The van der Waals surface area contributed by atoms with Crippen LogP contribution in [0.15, 0.2) is 18.3 Å². The van der Waals surface area contributed by atoms with E-state index in [4.69, 9.17) is 19.2 Å². The van der Waals surface area contributed by atoms with Gasteiger partial charge in [0.1, 0.15) is 11.6 Å². The third-order valence-corrected chi connectivity index (χ3v) is 6.53. The van der Waals surface area contributed by atoms with Gasteiger partial charge in [0.25, 0.3) is 0 Å². The monoisotopic (exact) mass is 427 g/mol. The number of anilines is 1. The van der Waals surface area contributed by atoms with Gasteiger partial charge < -0.3 is 24.6 Å². The molecule has 1 saturated carbocycles. The molecule has 1 unspecified atom stereocenters. The van der Waals surface area contributed by atoms with Crippen molar-refractivity contribution in [3.05, 3.63) is 24.0 Å². The number of aromatic nitrogens is 2. The van der Waals surface area contributed by atoms with Crippen LogP contribution in [-0.2, 0) is 4.79 Å². The van der Waals surface area contributed by atoms with Crippen molar-refractivity contribution in [2.24, 2.45) is 5.41 Å². The molecule has 1 atom stereocenters. The van der Waals surface area contributed by atoms with E-state index < -0.39 is 5.41 Å². The highest BCUT2D eigenvalue weighted by Gasteiger charge is 2.44. The summed E-state index contributed by atoms with van der Waals surface area (Å²) in [4.78, 5) is 22.8. The topological polar surface area (TPSA) is 103 Å². The van der Waals surface area contributed by atoms with Crippen LogP contribution in [0.5, 0.6) is 17.2 Å². The molecule has 0 amide bonds. The van der Waals surface area contributed by atoms with E-state index in [1.165, 1.54) is 0 Å². The molecule has 31 heavy (non-hydrogen) atoms. The van der Waals surface area contributed by atoms with Crippen LogP contribution < -0.4 is 19.5 Å². The van der Waals surface area contributed by atoms with Gasteiger partial charge in [-0.3, -0.25) is 4.79 Å². The zero-order chi connectivity index (χ0) is 22.2. The van der Waals surface area contributed by atoms with Crippen molar-refractivity contribution in [1.82, 2.24) is 9.97 Å². The molecule has 1 aromatic heterocycles. The molecule has 2 N–H and O–H groups in total. The molecule has 2 heterocycles. The highest BCUT2D eigenvalue weighted by molar-refractivity contribution is 5.93. The molecule has 1 aromatic carbocycles. The van der Waals surface area contributed by atoms with Crippen molar-refractivity contribution in [3.63, 3.8) is 0 Å². The number of ketones is 1. The third-order valence-electron chi connectivity index (χ3n) is 6.53. The summed E-state index contributed by atoms with van der Waals surface area (Å²) < 4.78 is 16.3. The largest absolute Gasteiger partial charge is 0.493 e. The van der Waals surface area contributed by atoms with Crippen LogP contribution in [0.1, 0.15) is 44.2 Å². The second kappa shape index (κ2) is 8.34. The predicted octanol–water partition coefficient (Wildman–Crippen LogP) is 3.19. The van der Waals surface area contributed by atoms with Gasteiger partial charge in [0.15, 0.2) is 11.5 Å². The van der Waals surface area contributed by atoms with E-state index in [2.05, 4.69) is 10.3 Å². The van der Waals surface area contributed by atoms with Gasteiger partial charge in [0.05, 0.1) is 50.9 Å². The van der Waals surface area contributed by atoms with Crippen molar-refractivity contribution < 1.29 is 24.1 Å². The number of rotatable bonds is 6. The number of carbonyl (C=O) groups is 1. The minimum atomic E-state index is -0.447. The Balaban J connectivity index is 1.69. The van der Waals surface area contributed by atoms with Gasteiger partial charge in [0.2, 0.25) is 5.75 Å². The van der Waals surface area contributed by atoms with E-state index in [1.807, 2.05) is 19.1 Å². The second-order valence-electron chi connectivity index (χ2n) is 8.49. The fourth-order valence-corrected chi connectivity index (χ4v) is 4.57. The molecule has 0 bridgehead atoms. The van der Waals surface area contributed by atoms with Crippen LogP contribution in [0.2, 0.25) is 0 Å². The first kappa shape index (κ1) is 21.4. The van der Waals surface area contributed by atoms with E-state index >= 15 is 0 Å². The number of hydrogen-bond donors (Lipinski definition) is 2. The van der Waals surface area contributed by atoms with E-state index in [0.29, 0.717) is 66.7 Å². The van der Waals surface area contributed by atoms with Gasteiger partial charge in [0, 0.05) is 17.5 Å². The Bertz CT molecular complexity index is 960. The average molecular weight is 428 g/mol. The van der Waals surface area contributed by atoms with Gasteiger partial charge in [-0.1, -0.05) is 6.92 Å². The second-order valence-corrected chi connectivity index (χ2v) is 8.49. The van der Waals surface area contributed by atoms with Crippen LogP contribution in [0, 0.1) is 5.41 Å². The van der Waals surface area contributed by atoms with Crippen LogP contribution >= 0.6 is 0 Å². The van der Waals surface area contributed by atoms with Crippen LogP contribution in [0.3, 0.4) is 0 Å². The van der Waals surface area contributed by atoms with E-state index in [1.54, 1.807) is 27.5 Å². The quantitative estimate of drug-likeness (QED) is 0.725. The number of ether oxygens (including phenoxy) is 3. The summed E-state index contributed by atoms with van der Waals surface area (Å²) in [6, 6.07) is 3.64. The summed E-state index contributed by atoms with van der Waals surface area (Å²) >= 11 is 0. The van der Waals surface area contributed by atoms with Crippen molar-refractivity contribution in [2.75, 3.05) is 33.2 Å². The highest BCUT2D eigenvalue weighted by Crippen LogP contribution is 2.44. The highest BCUT2D eigenvalue weighted by atomic mass is 16.5. The number of Topliss-reactive ketones (excluding diaryl/α,β-unsaturated/α-hetero) is 1. The van der Waals surface area contributed by atoms with Crippen molar-refractivity contribution in [2.45, 2.75) is 44.6 Å². The van der Waals surface area contributed by atoms with Gasteiger partial charge in [-0.25, -0.2) is 9.97 Å². The van der Waals surface area contributed by atoms with Gasteiger partial charge in [-0.2, -0.15) is 0 Å². The number of nitrogens with zero attached hydrogens (tertiary/aromatic N) is 2. The van der Waals surface area contributed by atoms with Crippen molar-refractivity contribution in [1.29, 1.82) is 0 Å². The van der Waals surface area contributed by atoms with E-state index in [0.717, 1.165) is 5.56 Å². The first-order valence-electron chi connectivity index (χ1n) is 10.5. The zero-order valence-electron chi connectivity index (χ0n) is 18.4. The molecule has 0 radical (unpaired) electrons. The maximum absolute atomic E-state index is 13.5. The number of nitrogens with one attached hydrogen (secondary N) is 1. The van der Waals surface area contributed by atoms with Crippen LogP contribution in [0.4, 0.5) is 5.82 Å². The Morgan fingerprint density at radius 3 is 2.35 bits per heavy atom. The molecule has 0 saturated heterocycles. The van der Waals surface area contributed by atoms with E-state index in [9.17, 15) is 9.90 Å². The number of carbonyl (C=O) groups excluding carboxylic acids is 1. The Labute approximate surface area is 182 Å². The number of aliphatic hydroxyl groups excluding tert-OH is 1. The lowest BCUT2D eigenvalue weighted by Crippen LogP contribution is -2.38. The number of aliphatic hydroxyl groups is 1. The van der Waals surface area contributed by atoms with Gasteiger partial charge in [-0.15, -0.1) is 0 Å². The van der Waals surface area contributed by atoms with E-state index in [-0.39, 0.29) is 17.8 Å². The standard InChI is InChI=1S/C23H29N3O5/c1-23(7-5-14(27)6-8-23)21(28)15-11-24-22-19(15)26-16(12-25-22)13-9-17(29-2)20(31-4)18(10-13)30-3/h9-10,12,14-15,27H,5-8,11H2,1-4H3,(H,24,25). The lowest BCUT2D eigenvalue weighted by atomic mass is 9.68. The fourth-order valence-electron chi connectivity index (χ4n) is 4.57. The molecule has 166 valence electrons. The minimum absolute atomic E-state index is 0.169. The lowest BCUT2D eigenvalue weighted by Gasteiger charge is -2.35. The van der Waals surface area contributed by atoms with Crippen LogP contribution in [-0.4, -0.2) is 54.8 Å². The zero-order valence-corrected chi connectivity index (χ0v) is 18.4.